The van der Waals surface area contributed by atoms with Crippen LogP contribution in [0.2, 0.25) is 5.02 Å². The highest BCUT2D eigenvalue weighted by molar-refractivity contribution is 7.10. The number of urea groups is 1. The van der Waals surface area contributed by atoms with Crippen molar-refractivity contribution in [2.45, 2.75) is 51.1 Å². The minimum atomic E-state index is -0.274. The molecule has 2 aromatic carbocycles. The average molecular weight is 538 g/mol. The number of nitrogens with one attached hydrogen (secondary N) is 1. The van der Waals surface area contributed by atoms with Crippen molar-refractivity contribution in [3.8, 4) is 5.75 Å². The summed E-state index contributed by atoms with van der Waals surface area (Å²) in [7, 11) is 0. The summed E-state index contributed by atoms with van der Waals surface area (Å²) in [5, 5.41) is 5.53. The fourth-order valence-electron chi connectivity index (χ4n) is 4.75. The Hall–Kier alpha value is -3.03. The molecule has 5 rings (SSSR count). The van der Waals surface area contributed by atoms with Gasteiger partial charge in [-0.3, -0.25) is 4.79 Å². The van der Waals surface area contributed by atoms with Crippen molar-refractivity contribution in [3.05, 3.63) is 81.0 Å². The number of anilines is 1. The summed E-state index contributed by atoms with van der Waals surface area (Å²) >= 11 is 7.80. The summed E-state index contributed by atoms with van der Waals surface area (Å²) in [6, 6.07) is 16.9. The average Bonchev–Trinajstić information content (AvgIpc) is 3.61. The number of nitrogens with zero attached hydrogens (tertiary/aromatic N) is 2. The van der Waals surface area contributed by atoms with E-state index < -0.39 is 0 Å². The molecule has 0 saturated heterocycles. The number of rotatable bonds is 8. The van der Waals surface area contributed by atoms with Crippen molar-refractivity contribution >= 4 is 40.6 Å². The lowest BCUT2D eigenvalue weighted by atomic mass is 10.00. The van der Waals surface area contributed by atoms with E-state index in [1.165, 1.54) is 10.4 Å². The molecule has 3 amide bonds. The molecule has 0 bridgehead atoms. The van der Waals surface area contributed by atoms with Crippen molar-refractivity contribution < 1.29 is 14.3 Å². The van der Waals surface area contributed by atoms with E-state index in [-0.39, 0.29) is 30.6 Å². The number of benzene rings is 2. The third-order valence-corrected chi connectivity index (χ3v) is 8.23. The van der Waals surface area contributed by atoms with Gasteiger partial charge in [0.1, 0.15) is 18.9 Å². The van der Waals surface area contributed by atoms with E-state index >= 15 is 0 Å². The normalized spacial score (nSPS) is 16.9. The molecule has 37 heavy (non-hydrogen) atoms. The van der Waals surface area contributed by atoms with Crippen molar-refractivity contribution in [3.63, 3.8) is 0 Å². The van der Waals surface area contributed by atoms with E-state index in [0.717, 1.165) is 30.6 Å². The van der Waals surface area contributed by atoms with Crippen LogP contribution in [0.1, 0.15) is 54.7 Å². The Kier molecular flexibility index (Phi) is 7.72. The van der Waals surface area contributed by atoms with Crippen molar-refractivity contribution in [1.82, 2.24) is 9.80 Å². The van der Waals surface area contributed by atoms with Gasteiger partial charge in [-0.05, 0) is 78.1 Å². The maximum Gasteiger partial charge on any atom is 0.322 e. The Morgan fingerprint density at radius 2 is 1.95 bits per heavy atom. The van der Waals surface area contributed by atoms with Gasteiger partial charge < -0.3 is 19.9 Å². The third kappa shape index (κ3) is 6.11. The van der Waals surface area contributed by atoms with Crippen LogP contribution in [0.4, 0.5) is 10.5 Å². The first-order valence-corrected chi connectivity index (χ1v) is 14.1. The number of hydrogen-bond donors (Lipinski definition) is 1. The smallest absolute Gasteiger partial charge is 0.322 e. The summed E-state index contributed by atoms with van der Waals surface area (Å²) in [4.78, 5) is 31.6. The van der Waals surface area contributed by atoms with Crippen LogP contribution in [0.25, 0.3) is 0 Å². The van der Waals surface area contributed by atoms with Gasteiger partial charge in [-0.1, -0.05) is 43.6 Å². The molecular formula is C29H32ClN3O3S. The largest absolute Gasteiger partial charge is 0.491 e. The first-order chi connectivity index (χ1) is 17.9. The van der Waals surface area contributed by atoms with E-state index in [0.29, 0.717) is 29.8 Å². The summed E-state index contributed by atoms with van der Waals surface area (Å²) < 4.78 is 6.19. The minimum Gasteiger partial charge on any atom is -0.491 e. The molecule has 1 aliphatic carbocycles. The summed E-state index contributed by atoms with van der Waals surface area (Å²) in [5.74, 6) is 1.19. The number of amides is 3. The Labute approximate surface area is 227 Å². The van der Waals surface area contributed by atoms with E-state index in [2.05, 4.69) is 42.7 Å². The number of thiophene rings is 1. The van der Waals surface area contributed by atoms with E-state index in [1.54, 1.807) is 40.5 Å². The lowest BCUT2D eigenvalue weighted by Crippen LogP contribution is -2.49. The maximum absolute atomic E-state index is 13.7. The van der Waals surface area contributed by atoms with E-state index in [9.17, 15) is 9.59 Å². The van der Waals surface area contributed by atoms with Crippen molar-refractivity contribution in [2.24, 2.45) is 0 Å². The van der Waals surface area contributed by atoms with Gasteiger partial charge >= 0.3 is 6.03 Å². The minimum absolute atomic E-state index is 0.0378. The molecule has 194 valence electrons. The molecule has 0 radical (unpaired) electrons. The molecule has 1 fully saturated rings. The Balaban J connectivity index is 1.29. The van der Waals surface area contributed by atoms with Gasteiger partial charge in [0.05, 0.1) is 6.04 Å². The quantitative estimate of drug-likeness (QED) is 0.346. The molecule has 0 spiro atoms. The fourth-order valence-corrected chi connectivity index (χ4v) is 5.87. The Morgan fingerprint density at radius 1 is 1.16 bits per heavy atom. The second-order valence-corrected chi connectivity index (χ2v) is 11.4. The lowest BCUT2D eigenvalue weighted by molar-refractivity contribution is -0.135. The molecular weight excluding hydrogens is 506 g/mol. The van der Waals surface area contributed by atoms with Crippen LogP contribution in [0.15, 0.2) is 60.0 Å². The number of hydrogen-bond acceptors (Lipinski definition) is 4. The van der Waals surface area contributed by atoms with Gasteiger partial charge in [-0.25, -0.2) is 4.79 Å². The second-order valence-electron chi connectivity index (χ2n) is 9.99. The zero-order valence-electron chi connectivity index (χ0n) is 21.2. The lowest BCUT2D eigenvalue weighted by Gasteiger charge is -2.37. The van der Waals surface area contributed by atoms with Crippen molar-refractivity contribution in [1.29, 1.82) is 0 Å². The molecule has 8 heteroatoms. The summed E-state index contributed by atoms with van der Waals surface area (Å²) in [6.07, 6.45) is 2.63. The third-order valence-electron chi connectivity index (χ3n) is 7.00. The predicted octanol–water partition coefficient (Wildman–Crippen LogP) is 6.73. The maximum atomic E-state index is 13.7. The predicted molar refractivity (Wildman–Crippen MR) is 149 cm³/mol. The SMILES string of the molecule is CC(C)c1ccc(OCC2c3ccsc3CCN2C(=O)CN(C(=O)Nc2cccc(Cl)c2)C2CC2)cc1. The fraction of sp³-hybridized carbons (Fsp3) is 0.379. The van der Waals surface area contributed by atoms with Gasteiger partial charge in [0, 0.05) is 28.2 Å². The molecule has 1 N–H and O–H groups in total. The zero-order chi connectivity index (χ0) is 25.9. The molecule has 6 nitrogen and oxygen atoms in total. The van der Waals surface area contributed by atoms with Gasteiger partial charge in [0.2, 0.25) is 5.91 Å². The van der Waals surface area contributed by atoms with Gasteiger partial charge in [-0.15, -0.1) is 11.3 Å². The Morgan fingerprint density at radius 3 is 2.65 bits per heavy atom. The van der Waals surface area contributed by atoms with Crippen LogP contribution < -0.4 is 10.1 Å². The molecule has 1 aliphatic heterocycles. The molecule has 3 aromatic rings. The number of carbonyl (C=O) groups is 2. The van der Waals surface area contributed by atoms with Gasteiger partial charge in [0.15, 0.2) is 0 Å². The number of carbonyl (C=O) groups excluding carboxylic acids is 2. The van der Waals surface area contributed by atoms with E-state index in [4.69, 9.17) is 16.3 Å². The first-order valence-electron chi connectivity index (χ1n) is 12.8. The molecule has 1 saturated carbocycles. The van der Waals surface area contributed by atoms with Gasteiger partial charge in [-0.2, -0.15) is 0 Å². The summed E-state index contributed by atoms with van der Waals surface area (Å²) in [6.45, 7) is 5.35. The van der Waals surface area contributed by atoms with Crippen LogP contribution in [-0.2, 0) is 11.2 Å². The van der Waals surface area contributed by atoms with Gasteiger partial charge in [0.25, 0.3) is 0 Å². The van der Waals surface area contributed by atoms with E-state index in [1.807, 2.05) is 17.0 Å². The topological polar surface area (TPSA) is 61.9 Å². The van der Waals surface area contributed by atoms with Crippen LogP contribution in [-0.4, -0.2) is 47.5 Å². The standard InChI is InChI=1S/C29H32ClN3O3S/c1-19(2)20-6-10-24(11-7-20)36-18-26-25-13-15-37-27(25)12-14-32(26)28(34)17-33(23-8-9-23)29(35)31-22-5-3-4-21(30)16-22/h3-7,10-11,13,15-16,19,23,26H,8-9,12,14,17-18H2,1-2H3,(H,31,35). The number of halogens is 1. The Bertz CT molecular complexity index is 1260. The highest BCUT2D eigenvalue weighted by Gasteiger charge is 2.38. The molecule has 1 atom stereocenters. The number of ether oxygens (including phenoxy) is 1. The first kappa shape index (κ1) is 25.6. The van der Waals surface area contributed by atoms with Crippen LogP contribution in [0, 0.1) is 0 Å². The summed E-state index contributed by atoms with van der Waals surface area (Å²) in [5.41, 5.74) is 3.02. The van der Waals surface area contributed by atoms with Crippen LogP contribution in [0.5, 0.6) is 5.75 Å². The molecule has 2 aliphatic rings. The highest BCUT2D eigenvalue weighted by atomic mass is 35.5. The molecule has 2 heterocycles. The molecule has 1 unspecified atom stereocenters. The van der Waals surface area contributed by atoms with Crippen LogP contribution in [0.3, 0.4) is 0 Å². The van der Waals surface area contributed by atoms with Crippen LogP contribution >= 0.6 is 22.9 Å². The monoisotopic (exact) mass is 537 g/mol. The second kappa shape index (κ2) is 11.2. The molecule has 1 aromatic heterocycles. The number of fused-ring (bicyclic) bond motifs is 1. The highest BCUT2D eigenvalue weighted by Crippen LogP contribution is 2.35. The zero-order valence-corrected chi connectivity index (χ0v) is 22.7. The van der Waals surface area contributed by atoms with Crippen molar-refractivity contribution in [2.75, 3.05) is 25.0 Å².